The second-order valence-electron chi connectivity index (χ2n) is 4.47. The quantitative estimate of drug-likeness (QED) is 0.740. The molecule has 2 rings (SSSR count). The first kappa shape index (κ1) is 17.7. The van der Waals surface area contributed by atoms with Crippen LogP contribution in [0.5, 0.6) is 0 Å². The van der Waals surface area contributed by atoms with Crippen molar-refractivity contribution in [3.63, 3.8) is 0 Å². The van der Waals surface area contributed by atoms with Gasteiger partial charge in [0.2, 0.25) is 10.0 Å². The first-order valence-corrected chi connectivity index (χ1v) is 8.05. The summed E-state index contributed by atoms with van der Waals surface area (Å²) in [6.07, 6.45) is 0.481. The molecule has 1 aromatic carbocycles. The molecule has 1 heterocycles. The normalized spacial score (nSPS) is 18.4. The maximum atomic E-state index is 12.0. The summed E-state index contributed by atoms with van der Waals surface area (Å²) in [4.78, 5) is 12.0. The van der Waals surface area contributed by atoms with Crippen molar-refractivity contribution in [1.82, 2.24) is 5.32 Å². The molecule has 9 heteroatoms. The third-order valence-electron chi connectivity index (χ3n) is 2.70. The minimum Gasteiger partial charge on any atom is -0.366 e. The lowest BCUT2D eigenvalue weighted by molar-refractivity contribution is -0.128. The van der Waals surface area contributed by atoms with Crippen LogP contribution in [0.1, 0.15) is 0 Å². The molecule has 1 aromatic rings. The Morgan fingerprint density at radius 3 is 2.57 bits per heavy atom. The number of amides is 1. The summed E-state index contributed by atoms with van der Waals surface area (Å²) in [6.45, 7) is 1.63. The lowest BCUT2D eigenvalue weighted by Crippen LogP contribution is -2.45. The van der Waals surface area contributed by atoms with Gasteiger partial charge in [0.1, 0.15) is 6.10 Å². The molecule has 1 fully saturated rings. The summed E-state index contributed by atoms with van der Waals surface area (Å²) in [5.41, 5.74) is 0.726. The Hall–Kier alpha value is -1.35. The maximum absolute atomic E-state index is 12.0. The standard InChI is InChI=1S/C12H17N3O4S.ClH/c1-20(17,18)15-10-5-3-2-4-9(10)14-12(16)11-8-13-6-7-19-11;/h2-5,11,13,15H,6-8H2,1H3,(H,14,16);1H. The van der Waals surface area contributed by atoms with Gasteiger partial charge in [-0.25, -0.2) is 8.42 Å². The van der Waals surface area contributed by atoms with E-state index in [4.69, 9.17) is 4.74 Å². The number of morpholine rings is 1. The van der Waals surface area contributed by atoms with E-state index >= 15 is 0 Å². The van der Waals surface area contributed by atoms with E-state index in [1.165, 1.54) is 0 Å². The number of ether oxygens (including phenoxy) is 1. The smallest absolute Gasteiger partial charge is 0.254 e. The van der Waals surface area contributed by atoms with Crippen LogP contribution in [0.15, 0.2) is 24.3 Å². The molecule has 1 saturated heterocycles. The zero-order chi connectivity index (χ0) is 14.6. The molecule has 0 spiro atoms. The van der Waals surface area contributed by atoms with Gasteiger partial charge in [0.25, 0.3) is 5.91 Å². The number of nitrogens with one attached hydrogen (secondary N) is 3. The molecule has 118 valence electrons. The molecule has 0 aromatic heterocycles. The number of para-hydroxylation sites is 2. The topological polar surface area (TPSA) is 96.5 Å². The zero-order valence-corrected chi connectivity index (χ0v) is 13.1. The minimum atomic E-state index is -3.41. The van der Waals surface area contributed by atoms with Crippen LogP contribution in [0.4, 0.5) is 11.4 Å². The van der Waals surface area contributed by atoms with Crippen molar-refractivity contribution in [2.75, 3.05) is 36.0 Å². The number of anilines is 2. The van der Waals surface area contributed by atoms with Crippen LogP contribution in [-0.4, -0.2) is 46.4 Å². The Balaban J connectivity index is 0.00000220. The molecular weight excluding hydrogens is 318 g/mol. The summed E-state index contributed by atoms with van der Waals surface area (Å²) < 4.78 is 30.3. The fourth-order valence-electron chi connectivity index (χ4n) is 1.83. The molecule has 0 radical (unpaired) electrons. The van der Waals surface area contributed by atoms with Gasteiger partial charge >= 0.3 is 0 Å². The van der Waals surface area contributed by atoms with E-state index in [0.29, 0.717) is 24.5 Å². The monoisotopic (exact) mass is 335 g/mol. The van der Waals surface area contributed by atoms with Crippen molar-refractivity contribution >= 4 is 39.7 Å². The van der Waals surface area contributed by atoms with E-state index in [0.717, 1.165) is 12.8 Å². The predicted octanol–water partition coefficient (Wildman–Crippen LogP) is 0.407. The SMILES string of the molecule is CS(=O)(=O)Nc1ccccc1NC(=O)C1CNCCO1.Cl. The molecule has 1 aliphatic heterocycles. The molecule has 3 N–H and O–H groups in total. The van der Waals surface area contributed by atoms with E-state index in [-0.39, 0.29) is 18.3 Å². The summed E-state index contributed by atoms with van der Waals surface area (Å²) >= 11 is 0. The number of sulfonamides is 1. The van der Waals surface area contributed by atoms with Gasteiger partial charge in [0.05, 0.1) is 24.2 Å². The van der Waals surface area contributed by atoms with E-state index in [9.17, 15) is 13.2 Å². The average molecular weight is 336 g/mol. The van der Waals surface area contributed by atoms with E-state index in [1.54, 1.807) is 24.3 Å². The van der Waals surface area contributed by atoms with E-state index < -0.39 is 16.1 Å². The van der Waals surface area contributed by atoms with Crippen molar-refractivity contribution < 1.29 is 17.9 Å². The van der Waals surface area contributed by atoms with Crippen LogP contribution in [0, 0.1) is 0 Å². The van der Waals surface area contributed by atoms with E-state index in [2.05, 4.69) is 15.4 Å². The van der Waals surface area contributed by atoms with Crippen LogP contribution in [0.2, 0.25) is 0 Å². The second-order valence-corrected chi connectivity index (χ2v) is 6.22. The highest BCUT2D eigenvalue weighted by Crippen LogP contribution is 2.22. The molecule has 7 nitrogen and oxygen atoms in total. The molecule has 0 aliphatic carbocycles. The number of halogens is 1. The van der Waals surface area contributed by atoms with Gasteiger partial charge in [-0.2, -0.15) is 0 Å². The predicted molar refractivity (Wildman–Crippen MR) is 83.4 cm³/mol. The summed E-state index contributed by atoms with van der Waals surface area (Å²) in [7, 11) is -3.41. The number of benzene rings is 1. The van der Waals surface area contributed by atoms with Crippen molar-refractivity contribution in [1.29, 1.82) is 0 Å². The summed E-state index contributed by atoms with van der Waals surface area (Å²) in [5.74, 6) is -0.306. The largest absolute Gasteiger partial charge is 0.366 e. The first-order chi connectivity index (χ1) is 9.46. The van der Waals surface area contributed by atoms with Crippen molar-refractivity contribution in [2.45, 2.75) is 6.10 Å². The van der Waals surface area contributed by atoms with Gasteiger partial charge in [-0.15, -0.1) is 12.4 Å². The fraction of sp³-hybridized carbons (Fsp3) is 0.417. The Kier molecular flexibility index (Phi) is 6.41. The Labute approximate surface area is 129 Å². The third-order valence-corrected chi connectivity index (χ3v) is 3.29. The lowest BCUT2D eigenvalue weighted by atomic mass is 10.2. The molecule has 1 unspecified atom stereocenters. The van der Waals surface area contributed by atoms with Crippen LogP contribution >= 0.6 is 12.4 Å². The fourth-order valence-corrected chi connectivity index (χ4v) is 2.41. The van der Waals surface area contributed by atoms with Crippen LogP contribution < -0.4 is 15.4 Å². The molecule has 1 atom stereocenters. The minimum absolute atomic E-state index is 0. The van der Waals surface area contributed by atoms with Crippen molar-refractivity contribution in [3.05, 3.63) is 24.3 Å². The summed E-state index contributed by atoms with van der Waals surface area (Å²) in [5, 5.41) is 5.73. The summed E-state index contributed by atoms with van der Waals surface area (Å²) in [6, 6.07) is 6.60. The van der Waals surface area contributed by atoms with Gasteiger partial charge in [-0.1, -0.05) is 12.1 Å². The average Bonchev–Trinajstić information content (AvgIpc) is 2.40. The molecule has 1 amide bonds. The van der Waals surface area contributed by atoms with Crippen molar-refractivity contribution in [3.8, 4) is 0 Å². The second kappa shape index (κ2) is 7.60. The molecule has 0 bridgehead atoms. The lowest BCUT2D eigenvalue weighted by Gasteiger charge is -2.23. The third kappa shape index (κ3) is 5.50. The molecule has 0 saturated carbocycles. The number of carbonyl (C=O) groups excluding carboxylic acids is 1. The van der Waals surface area contributed by atoms with Crippen LogP contribution in [0.25, 0.3) is 0 Å². The molecular formula is C12H18ClN3O4S. The number of hydrogen-bond donors (Lipinski definition) is 3. The molecule has 1 aliphatic rings. The highest BCUT2D eigenvalue weighted by atomic mass is 35.5. The van der Waals surface area contributed by atoms with Gasteiger partial charge in [-0.3, -0.25) is 9.52 Å². The molecule has 21 heavy (non-hydrogen) atoms. The highest BCUT2D eigenvalue weighted by Gasteiger charge is 2.22. The Morgan fingerprint density at radius 2 is 2.00 bits per heavy atom. The zero-order valence-electron chi connectivity index (χ0n) is 11.5. The van der Waals surface area contributed by atoms with Crippen molar-refractivity contribution in [2.24, 2.45) is 0 Å². The Morgan fingerprint density at radius 1 is 1.33 bits per heavy atom. The van der Waals surface area contributed by atoms with Gasteiger partial charge in [0, 0.05) is 13.1 Å². The first-order valence-electron chi connectivity index (χ1n) is 6.16. The number of carbonyl (C=O) groups is 1. The van der Waals surface area contributed by atoms with Crippen LogP contribution in [0.3, 0.4) is 0 Å². The number of rotatable bonds is 4. The Bertz CT molecular complexity index is 588. The highest BCUT2D eigenvalue weighted by molar-refractivity contribution is 7.92. The van der Waals surface area contributed by atoms with Gasteiger partial charge < -0.3 is 15.4 Å². The van der Waals surface area contributed by atoms with Crippen LogP contribution in [-0.2, 0) is 19.6 Å². The maximum Gasteiger partial charge on any atom is 0.254 e. The van der Waals surface area contributed by atoms with Gasteiger partial charge in [0.15, 0.2) is 0 Å². The van der Waals surface area contributed by atoms with Gasteiger partial charge in [-0.05, 0) is 12.1 Å². The number of hydrogen-bond acceptors (Lipinski definition) is 5. The van der Waals surface area contributed by atoms with E-state index in [1.807, 2.05) is 0 Å².